The van der Waals surface area contributed by atoms with Crippen molar-refractivity contribution < 1.29 is 4.79 Å². The molecule has 0 aliphatic carbocycles. The van der Waals surface area contributed by atoms with Gasteiger partial charge in [0.15, 0.2) is 5.69 Å². The fourth-order valence-corrected chi connectivity index (χ4v) is 1.79. The third-order valence-corrected chi connectivity index (χ3v) is 2.57. The lowest BCUT2D eigenvalue weighted by atomic mass is 10.2. The Morgan fingerprint density at radius 2 is 2.43 bits per heavy atom. The predicted octanol–water partition coefficient (Wildman–Crippen LogP) is -0.216. The number of carbonyl (C=O) groups excluding carboxylic acids is 1. The number of amides is 1. The van der Waals surface area contributed by atoms with Crippen LogP contribution in [0.4, 0.5) is 0 Å². The van der Waals surface area contributed by atoms with Gasteiger partial charge in [0.25, 0.3) is 5.91 Å². The van der Waals surface area contributed by atoms with Crippen molar-refractivity contribution >= 4 is 5.91 Å². The van der Waals surface area contributed by atoms with Gasteiger partial charge in [0.2, 0.25) is 0 Å². The van der Waals surface area contributed by atoms with Gasteiger partial charge in [0, 0.05) is 18.7 Å². The molecule has 1 aromatic heterocycles. The number of hydrogen-bond donors (Lipinski definition) is 2. The van der Waals surface area contributed by atoms with Crippen LogP contribution >= 0.6 is 0 Å². The van der Waals surface area contributed by atoms with Gasteiger partial charge in [0.05, 0.1) is 5.69 Å². The van der Waals surface area contributed by atoms with Gasteiger partial charge in [-0.1, -0.05) is 0 Å². The zero-order valence-corrected chi connectivity index (χ0v) is 8.21. The van der Waals surface area contributed by atoms with Gasteiger partial charge in [-0.15, -0.1) is 0 Å². The van der Waals surface area contributed by atoms with Gasteiger partial charge in [-0.2, -0.15) is 5.10 Å². The molecule has 0 saturated heterocycles. The fraction of sp³-hybridized carbons (Fsp3) is 0.556. The first-order valence-electron chi connectivity index (χ1n) is 4.77. The summed E-state index contributed by atoms with van der Waals surface area (Å²) in [6.45, 7) is 4.52. The number of nitrogens with one attached hydrogen (secondary N) is 1. The zero-order valence-electron chi connectivity index (χ0n) is 8.21. The fourth-order valence-electron chi connectivity index (χ4n) is 1.79. The highest BCUT2D eigenvalue weighted by atomic mass is 16.1. The average Bonchev–Trinajstić information content (AvgIpc) is 2.37. The van der Waals surface area contributed by atoms with Crippen molar-refractivity contribution in [1.29, 1.82) is 0 Å². The van der Waals surface area contributed by atoms with Crippen LogP contribution in [0.5, 0.6) is 0 Å². The van der Waals surface area contributed by atoms with Gasteiger partial charge in [-0.25, -0.2) is 0 Å². The molecule has 2 rings (SSSR count). The number of carbonyl (C=O) groups is 1. The third kappa shape index (κ3) is 1.39. The van der Waals surface area contributed by atoms with Gasteiger partial charge in [-0.05, 0) is 19.9 Å². The maximum atomic E-state index is 11.1. The van der Waals surface area contributed by atoms with Gasteiger partial charge < -0.3 is 11.1 Å². The molecule has 0 radical (unpaired) electrons. The van der Waals surface area contributed by atoms with E-state index >= 15 is 0 Å². The highest BCUT2D eigenvalue weighted by Gasteiger charge is 2.18. The van der Waals surface area contributed by atoms with Crippen molar-refractivity contribution in [2.24, 2.45) is 5.73 Å². The van der Waals surface area contributed by atoms with Crippen LogP contribution in [0.2, 0.25) is 0 Å². The quantitative estimate of drug-likeness (QED) is 0.649. The molecule has 76 valence electrons. The lowest BCUT2D eigenvalue weighted by Crippen LogP contribution is -2.15. The smallest absolute Gasteiger partial charge is 0.269 e. The minimum atomic E-state index is -0.442. The monoisotopic (exact) mass is 194 g/mol. The van der Waals surface area contributed by atoms with E-state index in [4.69, 9.17) is 5.73 Å². The first kappa shape index (κ1) is 9.21. The second kappa shape index (κ2) is 3.42. The Morgan fingerprint density at radius 1 is 1.64 bits per heavy atom. The van der Waals surface area contributed by atoms with Crippen molar-refractivity contribution in [3.05, 3.63) is 17.0 Å². The molecule has 5 nitrogen and oxygen atoms in total. The van der Waals surface area contributed by atoms with Crippen LogP contribution < -0.4 is 11.1 Å². The second-order valence-corrected chi connectivity index (χ2v) is 3.54. The average molecular weight is 194 g/mol. The Morgan fingerprint density at radius 3 is 3.14 bits per heavy atom. The number of rotatable bonds is 1. The van der Waals surface area contributed by atoms with Crippen LogP contribution in [0.25, 0.3) is 0 Å². The number of aromatic nitrogens is 2. The summed E-state index contributed by atoms with van der Waals surface area (Å²) in [5.74, 6) is -0.442. The topological polar surface area (TPSA) is 72.9 Å². The number of hydrogen-bond acceptors (Lipinski definition) is 3. The number of nitrogens with two attached hydrogens (primary N) is 1. The maximum absolute atomic E-state index is 11.1. The molecule has 0 atom stereocenters. The lowest BCUT2D eigenvalue weighted by Gasteiger charge is -2.00. The van der Waals surface area contributed by atoms with E-state index in [1.54, 1.807) is 0 Å². The molecule has 3 N–H and O–H groups in total. The van der Waals surface area contributed by atoms with E-state index in [9.17, 15) is 4.79 Å². The lowest BCUT2D eigenvalue weighted by molar-refractivity contribution is 0.0994. The number of nitrogens with zero attached hydrogens (tertiary/aromatic N) is 2. The summed E-state index contributed by atoms with van der Waals surface area (Å²) in [6, 6.07) is 0. The molecular weight excluding hydrogens is 180 g/mol. The first-order chi connectivity index (χ1) is 6.70. The third-order valence-electron chi connectivity index (χ3n) is 2.57. The maximum Gasteiger partial charge on any atom is 0.269 e. The zero-order chi connectivity index (χ0) is 10.1. The Labute approximate surface area is 82.3 Å². The Hall–Kier alpha value is -1.36. The van der Waals surface area contributed by atoms with Gasteiger partial charge in [0.1, 0.15) is 0 Å². The van der Waals surface area contributed by atoms with Gasteiger partial charge >= 0.3 is 0 Å². The summed E-state index contributed by atoms with van der Waals surface area (Å²) < 4.78 is 1.88. The van der Waals surface area contributed by atoms with Crippen molar-refractivity contribution in [2.75, 3.05) is 6.54 Å². The first-order valence-corrected chi connectivity index (χ1v) is 4.77. The second-order valence-electron chi connectivity index (χ2n) is 3.54. The van der Waals surface area contributed by atoms with Crippen LogP contribution in [0.3, 0.4) is 0 Å². The summed E-state index contributed by atoms with van der Waals surface area (Å²) in [5, 5.41) is 7.50. The molecule has 0 saturated carbocycles. The molecule has 0 aromatic carbocycles. The van der Waals surface area contributed by atoms with E-state index in [1.165, 1.54) is 0 Å². The molecule has 5 heteroatoms. The van der Waals surface area contributed by atoms with E-state index in [0.717, 1.165) is 37.3 Å². The van der Waals surface area contributed by atoms with Crippen LogP contribution in [-0.4, -0.2) is 22.2 Å². The predicted molar refractivity (Wildman–Crippen MR) is 51.8 cm³/mol. The van der Waals surface area contributed by atoms with Crippen molar-refractivity contribution in [3.63, 3.8) is 0 Å². The molecule has 0 unspecified atom stereocenters. The van der Waals surface area contributed by atoms with Crippen LogP contribution in [-0.2, 0) is 13.1 Å². The standard InChI is InChI=1S/C9H14N4O/c1-6-7-5-11-3-2-4-13(7)12-8(6)9(10)14/h11H,2-5H2,1H3,(H2,10,14). The molecule has 0 spiro atoms. The molecule has 0 bridgehead atoms. The summed E-state index contributed by atoms with van der Waals surface area (Å²) >= 11 is 0. The Bertz CT molecular complexity index is 369. The molecular formula is C9H14N4O. The van der Waals surface area contributed by atoms with Crippen molar-refractivity contribution in [2.45, 2.75) is 26.4 Å². The number of aryl methyl sites for hydroxylation is 1. The number of primary amides is 1. The molecule has 0 fully saturated rings. The SMILES string of the molecule is Cc1c(C(N)=O)nn2c1CNCCC2. The van der Waals surface area contributed by atoms with Crippen LogP contribution in [0, 0.1) is 6.92 Å². The van der Waals surface area contributed by atoms with E-state index in [1.807, 2.05) is 11.6 Å². The van der Waals surface area contributed by atoms with Crippen molar-refractivity contribution in [1.82, 2.24) is 15.1 Å². The summed E-state index contributed by atoms with van der Waals surface area (Å²) in [7, 11) is 0. The Kier molecular flexibility index (Phi) is 2.25. The van der Waals surface area contributed by atoms with Gasteiger partial charge in [-0.3, -0.25) is 9.48 Å². The summed E-state index contributed by atoms with van der Waals surface area (Å²) in [6.07, 6.45) is 1.03. The molecule has 1 aliphatic rings. The molecule has 2 heterocycles. The normalized spacial score (nSPS) is 16.1. The number of fused-ring (bicyclic) bond motifs is 1. The minimum Gasteiger partial charge on any atom is -0.364 e. The highest BCUT2D eigenvalue weighted by molar-refractivity contribution is 5.92. The van der Waals surface area contributed by atoms with Crippen LogP contribution in [0.15, 0.2) is 0 Å². The minimum absolute atomic E-state index is 0.406. The Balaban J connectivity index is 2.45. The molecule has 1 aliphatic heterocycles. The van der Waals surface area contributed by atoms with E-state index < -0.39 is 5.91 Å². The van der Waals surface area contributed by atoms with E-state index in [-0.39, 0.29) is 0 Å². The van der Waals surface area contributed by atoms with E-state index in [0.29, 0.717) is 5.69 Å². The van der Waals surface area contributed by atoms with E-state index in [2.05, 4.69) is 10.4 Å². The molecule has 1 amide bonds. The molecule has 14 heavy (non-hydrogen) atoms. The van der Waals surface area contributed by atoms with Crippen LogP contribution in [0.1, 0.15) is 28.2 Å². The summed E-state index contributed by atoms with van der Waals surface area (Å²) in [4.78, 5) is 11.1. The summed E-state index contributed by atoms with van der Waals surface area (Å²) in [5.41, 5.74) is 7.63. The highest BCUT2D eigenvalue weighted by Crippen LogP contribution is 2.14. The van der Waals surface area contributed by atoms with Crippen molar-refractivity contribution in [3.8, 4) is 0 Å². The molecule has 1 aromatic rings. The largest absolute Gasteiger partial charge is 0.364 e.